The summed E-state index contributed by atoms with van der Waals surface area (Å²) < 4.78 is 0.531. The van der Waals surface area contributed by atoms with Crippen LogP contribution in [0.4, 0.5) is 5.69 Å². The molecule has 9 nitrogen and oxygen atoms in total. The molecule has 10 heteroatoms. The predicted octanol–water partition coefficient (Wildman–Crippen LogP) is 5.74. The smallest absolute Gasteiger partial charge is 0.263 e. The lowest BCUT2D eigenvalue weighted by Crippen LogP contribution is -2.54. The molecule has 3 heterocycles. The zero-order valence-corrected chi connectivity index (χ0v) is 29.1. The molecule has 0 saturated carbocycles. The Balaban J connectivity index is 0.945. The largest absolute Gasteiger partial charge is 0.508 e. The summed E-state index contributed by atoms with van der Waals surface area (Å²) in [5.74, 6) is -1.14. The van der Waals surface area contributed by atoms with E-state index in [0.29, 0.717) is 22.7 Å². The monoisotopic (exact) mass is 732 g/mol. The van der Waals surface area contributed by atoms with Gasteiger partial charge in [0.15, 0.2) is 0 Å². The lowest BCUT2D eigenvalue weighted by molar-refractivity contribution is -0.136. The maximum Gasteiger partial charge on any atom is 0.263 e. The number of anilines is 1. The fourth-order valence-corrected chi connectivity index (χ4v) is 8.96. The van der Waals surface area contributed by atoms with Crippen LogP contribution in [0.15, 0.2) is 89.4 Å². The summed E-state index contributed by atoms with van der Waals surface area (Å²) in [5, 5.41) is 12.4. The Hall–Kier alpha value is -4.80. The first-order valence-corrected chi connectivity index (χ1v) is 18.0. The van der Waals surface area contributed by atoms with Crippen molar-refractivity contribution >= 4 is 45.2 Å². The molecule has 4 aromatic rings. The van der Waals surface area contributed by atoms with Gasteiger partial charge in [-0.15, -0.1) is 0 Å². The molecule has 254 valence electrons. The molecule has 4 amide bonds. The molecule has 3 aliphatic heterocycles. The van der Waals surface area contributed by atoms with E-state index in [9.17, 15) is 24.3 Å². The number of phenolic OH excluding ortho intramolecular Hbond substituents is 1. The van der Waals surface area contributed by atoms with Crippen molar-refractivity contribution in [2.24, 2.45) is 0 Å². The van der Waals surface area contributed by atoms with Gasteiger partial charge >= 0.3 is 0 Å². The Morgan fingerprint density at radius 2 is 1.54 bits per heavy atom. The predicted molar refractivity (Wildman–Crippen MR) is 192 cm³/mol. The molecule has 8 rings (SSSR count). The van der Waals surface area contributed by atoms with Crippen LogP contribution in [-0.4, -0.2) is 70.8 Å². The highest BCUT2D eigenvalue weighted by molar-refractivity contribution is 9.10. The fourth-order valence-electron chi connectivity index (χ4n) is 8.29. The molecule has 4 aliphatic rings. The van der Waals surface area contributed by atoms with Crippen LogP contribution in [0.3, 0.4) is 0 Å². The van der Waals surface area contributed by atoms with Crippen molar-refractivity contribution < 1.29 is 24.3 Å². The standard InChI is InChI=1S/C40H37BrN4O5/c41-33-21-24(20-32-37(33)40(50)45(39(32)49)34-14-15-35(47)42-38(34)48)23-43-16-18-44(19-17-43)28-9-6-26(7-10-28)36-30(25-4-2-1-3-5-25)12-8-27-22-29(46)11-13-31(27)36/h1-7,9-11,13,20-22,30,34,36,46H,8,12,14-19,23H2,(H,42,47,48)/t30-,34?,36+/m1/s1. The second-order valence-corrected chi connectivity index (χ2v) is 14.6. The average Bonchev–Trinajstić information content (AvgIpc) is 3.37. The van der Waals surface area contributed by atoms with E-state index in [0.717, 1.165) is 49.5 Å². The van der Waals surface area contributed by atoms with Gasteiger partial charge in [0, 0.05) is 55.2 Å². The second kappa shape index (κ2) is 13.2. The number of amides is 4. The quantitative estimate of drug-likeness (QED) is 0.244. The van der Waals surface area contributed by atoms with Crippen LogP contribution < -0.4 is 10.2 Å². The second-order valence-electron chi connectivity index (χ2n) is 13.7. The number of aromatic hydroxyl groups is 1. The molecule has 3 atom stereocenters. The molecule has 1 aliphatic carbocycles. The molecule has 0 bridgehead atoms. The van der Waals surface area contributed by atoms with Crippen LogP contribution in [0, 0.1) is 0 Å². The fraction of sp³-hybridized carbons (Fsp3) is 0.300. The molecular weight excluding hydrogens is 696 g/mol. The number of rotatable bonds is 6. The molecule has 2 N–H and O–H groups in total. The number of piperazine rings is 1. The number of piperidine rings is 1. The number of halogens is 1. The van der Waals surface area contributed by atoms with Crippen LogP contribution in [0.5, 0.6) is 5.75 Å². The van der Waals surface area contributed by atoms with Crippen molar-refractivity contribution in [2.75, 3.05) is 31.1 Å². The number of hydrogen-bond acceptors (Lipinski definition) is 7. The van der Waals surface area contributed by atoms with Gasteiger partial charge in [-0.05, 0) is 105 Å². The third kappa shape index (κ3) is 5.90. The van der Waals surface area contributed by atoms with Gasteiger partial charge in [0.25, 0.3) is 11.8 Å². The van der Waals surface area contributed by atoms with Gasteiger partial charge in [0.1, 0.15) is 11.8 Å². The number of phenols is 1. The molecule has 1 unspecified atom stereocenters. The third-order valence-electron chi connectivity index (χ3n) is 10.8. The van der Waals surface area contributed by atoms with Crippen LogP contribution >= 0.6 is 15.9 Å². The molecule has 2 fully saturated rings. The number of nitrogens with one attached hydrogen (secondary N) is 1. The number of carbonyl (C=O) groups excluding carboxylic acids is 4. The molecular formula is C40H37BrN4O5. The van der Waals surface area contributed by atoms with Crippen LogP contribution in [0.2, 0.25) is 0 Å². The molecule has 0 radical (unpaired) electrons. The topological polar surface area (TPSA) is 110 Å². The third-order valence-corrected chi connectivity index (χ3v) is 11.4. The SMILES string of the molecule is O=C1CCC(N2C(=O)c3cc(CN4CCN(c5ccc([C@@H]6c7ccc(O)cc7CC[C@@H]6c6ccccc6)cc5)CC4)cc(Br)c3C2=O)C(=O)N1. The molecule has 50 heavy (non-hydrogen) atoms. The van der Waals surface area contributed by atoms with Gasteiger partial charge < -0.3 is 10.0 Å². The highest BCUT2D eigenvalue weighted by atomic mass is 79.9. The van der Waals surface area contributed by atoms with Crippen molar-refractivity contribution in [3.63, 3.8) is 0 Å². The minimum Gasteiger partial charge on any atom is -0.508 e. The summed E-state index contributed by atoms with van der Waals surface area (Å²) in [5.41, 5.74) is 7.78. The normalized spacial score (nSPS) is 22.4. The Labute approximate surface area is 299 Å². The van der Waals surface area contributed by atoms with Crippen LogP contribution in [0.1, 0.15) is 79.6 Å². The minimum atomic E-state index is -0.990. The van der Waals surface area contributed by atoms with E-state index in [4.69, 9.17) is 0 Å². The Morgan fingerprint density at radius 1 is 0.780 bits per heavy atom. The van der Waals surface area contributed by atoms with E-state index in [1.54, 1.807) is 6.07 Å². The van der Waals surface area contributed by atoms with Gasteiger partial charge in [-0.25, -0.2) is 0 Å². The number of carbonyl (C=O) groups is 4. The number of imide groups is 2. The number of aryl methyl sites for hydroxylation is 1. The first-order valence-electron chi connectivity index (χ1n) is 17.2. The Kier molecular flexibility index (Phi) is 8.52. The van der Waals surface area contributed by atoms with Gasteiger partial charge in [-0.3, -0.25) is 34.3 Å². The number of fused-ring (bicyclic) bond motifs is 2. The van der Waals surface area contributed by atoms with Crippen molar-refractivity contribution in [2.45, 2.75) is 50.1 Å². The van der Waals surface area contributed by atoms with Crippen molar-refractivity contribution in [1.29, 1.82) is 0 Å². The average molecular weight is 734 g/mol. The number of benzene rings is 4. The van der Waals surface area contributed by atoms with E-state index in [-0.39, 0.29) is 29.9 Å². The Morgan fingerprint density at radius 3 is 2.28 bits per heavy atom. The zero-order valence-electron chi connectivity index (χ0n) is 27.5. The lowest BCUT2D eigenvalue weighted by Gasteiger charge is -2.37. The molecule has 0 spiro atoms. The van der Waals surface area contributed by atoms with Crippen molar-refractivity contribution in [1.82, 2.24) is 15.1 Å². The summed E-state index contributed by atoms with van der Waals surface area (Å²) in [6.07, 6.45) is 2.18. The van der Waals surface area contributed by atoms with Gasteiger partial charge in [-0.2, -0.15) is 0 Å². The summed E-state index contributed by atoms with van der Waals surface area (Å²) in [6.45, 7) is 3.99. The highest BCUT2D eigenvalue weighted by Gasteiger charge is 2.45. The summed E-state index contributed by atoms with van der Waals surface area (Å²) in [6, 6.07) is 28.2. The molecule has 2 saturated heterocycles. The first-order chi connectivity index (χ1) is 24.2. The van der Waals surface area contributed by atoms with Gasteiger partial charge in [0.2, 0.25) is 11.8 Å². The number of nitrogens with zero attached hydrogens (tertiary/aromatic N) is 3. The van der Waals surface area contributed by atoms with Crippen LogP contribution in [0.25, 0.3) is 0 Å². The summed E-state index contributed by atoms with van der Waals surface area (Å²) in [4.78, 5) is 56.5. The van der Waals surface area contributed by atoms with E-state index < -0.39 is 29.7 Å². The summed E-state index contributed by atoms with van der Waals surface area (Å²) >= 11 is 3.52. The van der Waals surface area contributed by atoms with Gasteiger partial charge in [0.05, 0.1) is 11.1 Å². The number of hydrogen-bond donors (Lipinski definition) is 2. The summed E-state index contributed by atoms with van der Waals surface area (Å²) in [7, 11) is 0. The van der Waals surface area contributed by atoms with Crippen LogP contribution in [-0.2, 0) is 22.6 Å². The van der Waals surface area contributed by atoms with E-state index in [2.05, 4.69) is 91.7 Å². The van der Waals surface area contributed by atoms with Gasteiger partial charge in [-0.1, -0.05) is 48.5 Å². The lowest BCUT2D eigenvalue weighted by atomic mass is 9.69. The van der Waals surface area contributed by atoms with E-state index in [1.807, 2.05) is 18.2 Å². The minimum absolute atomic E-state index is 0.0856. The van der Waals surface area contributed by atoms with Crippen molar-refractivity contribution in [3.8, 4) is 5.75 Å². The maximum atomic E-state index is 13.4. The first kappa shape index (κ1) is 32.4. The maximum absolute atomic E-state index is 13.4. The molecule has 0 aromatic heterocycles. The van der Waals surface area contributed by atoms with Crippen molar-refractivity contribution in [3.05, 3.63) is 128 Å². The Bertz CT molecular complexity index is 2010. The molecule has 4 aromatic carbocycles. The van der Waals surface area contributed by atoms with E-state index in [1.165, 1.54) is 27.9 Å². The highest BCUT2D eigenvalue weighted by Crippen LogP contribution is 2.47. The zero-order chi connectivity index (χ0) is 34.5. The van der Waals surface area contributed by atoms with E-state index >= 15 is 0 Å².